The molecule has 4 heterocycles. The van der Waals surface area contributed by atoms with Crippen molar-refractivity contribution in [3.8, 4) is 0 Å². The molecule has 28 heavy (non-hydrogen) atoms. The van der Waals surface area contributed by atoms with E-state index in [-0.39, 0.29) is 35.5 Å². The maximum absolute atomic E-state index is 13.6. The average molecular weight is 373 g/mol. The number of nitrogens with zero attached hydrogens (tertiary/aromatic N) is 1. The molecule has 0 spiro atoms. The van der Waals surface area contributed by atoms with Gasteiger partial charge in [0.25, 0.3) is 0 Å². The number of carbonyl (C=O) groups is 2. The molecule has 0 aromatic heterocycles. The fraction of sp³-hybridized carbons (Fsp3) is 0.304. The van der Waals surface area contributed by atoms with E-state index in [0.29, 0.717) is 12.2 Å². The lowest BCUT2D eigenvalue weighted by molar-refractivity contribution is -0.164. The molecule has 0 N–H and O–H groups in total. The van der Waals surface area contributed by atoms with E-state index < -0.39 is 12.3 Å². The Morgan fingerprint density at radius 2 is 1.82 bits per heavy atom. The molecule has 6 atom stereocenters. The Morgan fingerprint density at radius 3 is 2.68 bits per heavy atom. The summed E-state index contributed by atoms with van der Waals surface area (Å²) in [6.07, 6.45) is 2.99. The molecule has 2 aromatic rings. The van der Waals surface area contributed by atoms with Crippen molar-refractivity contribution in [3.05, 3.63) is 77.5 Å². The fourth-order valence-corrected chi connectivity index (χ4v) is 5.39. The topological polar surface area (TPSA) is 55.8 Å². The lowest BCUT2D eigenvalue weighted by atomic mass is 9.75. The van der Waals surface area contributed by atoms with Gasteiger partial charge in [-0.15, -0.1) is 0 Å². The molecular formula is C23H19NO4. The zero-order valence-corrected chi connectivity index (χ0v) is 15.1. The van der Waals surface area contributed by atoms with Gasteiger partial charge in [0, 0.05) is 17.7 Å². The van der Waals surface area contributed by atoms with Crippen molar-refractivity contribution >= 4 is 17.6 Å². The molecule has 6 rings (SSSR count). The predicted octanol–water partition coefficient (Wildman–Crippen LogP) is 2.84. The zero-order chi connectivity index (χ0) is 18.8. The first kappa shape index (κ1) is 16.2. The number of carbonyl (C=O) groups excluding carboxylic acids is 2. The summed E-state index contributed by atoms with van der Waals surface area (Å²) >= 11 is 0. The van der Waals surface area contributed by atoms with Gasteiger partial charge in [-0.1, -0.05) is 54.6 Å². The molecule has 0 saturated carbocycles. The van der Waals surface area contributed by atoms with Gasteiger partial charge in [-0.05, 0) is 17.2 Å². The van der Waals surface area contributed by atoms with Gasteiger partial charge >= 0.3 is 0 Å². The number of fused-ring (bicyclic) bond motifs is 8. The molecular weight excluding hydrogens is 354 g/mol. The molecule has 0 amide bonds. The quantitative estimate of drug-likeness (QED) is 0.758. The number of benzene rings is 2. The summed E-state index contributed by atoms with van der Waals surface area (Å²) in [5.41, 5.74) is 2.86. The number of hydrogen-bond acceptors (Lipinski definition) is 5. The van der Waals surface area contributed by atoms with Crippen LogP contribution in [0.15, 0.2) is 60.8 Å². The standard InChI is InChI=1S/C23H19NO4/c25-21(14-7-2-1-3-8-14)20-17-16-12-27-23(28-16)22(26)18(17)19-15-9-5-4-6-13(15)10-11-24(19)20/h1-11,16-20,23H,12H2/t16-,17-,18-,19+,20-,23-/m1/s1. The summed E-state index contributed by atoms with van der Waals surface area (Å²) < 4.78 is 11.5. The molecule has 5 nitrogen and oxygen atoms in total. The number of rotatable bonds is 2. The van der Waals surface area contributed by atoms with Crippen LogP contribution in [0.5, 0.6) is 0 Å². The van der Waals surface area contributed by atoms with Crippen molar-refractivity contribution in [3.63, 3.8) is 0 Å². The summed E-state index contributed by atoms with van der Waals surface area (Å²) in [4.78, 5) is 28.9. The maximum Gasteiger partial charge on any atom is 0.218 e. The monoisotopic (exact) mass is 373 g/mol. The first-order chi connectivity index (χ1) is 13.7. The van der Waals surface area contributed by atoms with Crippen LogP contribution in [-0.4, -0.2) is 41.5 Å². The van der Waals surface area contributed by atoms with Crippen LogP contribution in [0.1, 0.15) is 27.5 Å². The van der Waals surface area contributed by atoms with Crippen LogP contribution in [0.2, 0.25) is 0 Å². The lowest BCUT2D eigenvalue weighted by Crippen LogP contribution is -2.48. The van der Waals surface area contributed by atoms with E-state index in [0.717, 1.165) is 11.1 Å². The second-order valence-corrected chi connectivity index (χ2v) is 7.86. The third-order valence-corrected chi connectivity index (χ3v) is 6.53. The van der Waals surface area contributed by atoms with Crippen LogP contribution >= 0.6 is 0 Å². The second-order valence-electron chi connectivity index (χ2n) is 7.86. The normalized spacial score (nSPS) is 34.7. The number of ether oxygens (including phenoxy) is 2. The Labute approximate surface area is 162 Å². The van der Waals surface area contributed by atoms with Crippen LogP contribution in [0.3, 0.4) is 0 Å². The van der Waals surface area contributed by atoms with E-state index in [1.54, 1.807) is 0 Å². The van der Waals surface area contributed by atoms with Gasteiger partial charge in [-0.2, -0.15) is 0 Å². The highest BCUT2D eigenvalue weighted by Crippen LogP contribution is 2.54. The van der Waals surface area contributed by atoms with Crippen LogP contribution < -0.4 is 0 Å². The molecule has 5 heteroatoms. The molecule has 3 saturated heterocycles. The van der Waals surface area contributed by atoms with Gasteiger partial charge in [-0.3, -0.25) is 9.59 Å². The van der Waals surface area contributed by atoms with E-state index in [2.05, 4.69) is 17.0 Å². The van der Waals surface area contributed by atoms with Gasteiger partial charge in [0.2, 0.25) is 6.29 Å². The van der Waals surface area contributed by atoms with Crippen LogP contribution in [0.25, 0.3) is 6.08 Å². The largest absolute Gasteiger partial charge is 0.359 e. The zero-order valence-electron chi connectivity index (χ0n) is 15.1. The van der Waals surface area contributed by atoms with E-state index >= 15 is 0 Å². The van der Waals surface area contributed by atoms with Gasteiger partial charge in [-0.25, -0.2) is 0 Å². The molecule has 0 unspecified atom stereocenters. The van der Waals surface area contributed by atoms with E-state index in [1.807, 2.05) is 54.7 Å². The Bertz CT molecular complexity index is 1000. The van der Waals surface area contributed by atoms with Crippen molar-refractivity contribution < 1.29 is 19.1 Å². The highest BCUT2D eigenvalue weighted by atomic mass is 16.7. The Kier molecular flexibility index (Phi) is 3.40. The summed E-state index contributed by atoms with van der Waals surface area (Å²) in [6.45, 7) is 0.363. The fourth-order valence-electron chi connectivity index (χ4n) is 5.39. The molecule has 4 aliphatic heterocycles. The van der Waals surface area contributed by atoms with Crippen molar-refractivity contribution in [2.45, 2.75) is 24.5 Å². The summed E-state index contributed by atoms with van der Waals surface area (Å²) in [5, 5.41) is 0. The third-order valence-electron chi connectivity index (χ3n) is 6.53. The van der Waals surface area contributed by atoms with Crippen molar-refractivity contribution in [1.82, 2.24) is 4.90 Å². The molecule has 140 valence electrons. The highest BCUT2D eigenvalue weighted by Gasteiger charge is 2.63. The molecule has 2 bridgehead atoms. The SMILES string of the molecule is O=C1[C@@H]2OC[C@@H](O2)[C@@H]2[C@@H]1[C@@H]1c3ccccc3C=CN1[C@H]2C(=O)c1ccccc1. The second kappa shape index (κ2) is 5.87. The van der Waals surface area contributed by atoms with Crippen molar-refractivity contribution in [2.75, 3.05) is 6.61 Å². The van der Waals surface area contributed by atoms with E-state index in [1.165, 1.54) is 0 Å². The molecule has 4 aliphatic rings. The third kappa shape index (κ3) is 2.09. The van der Waals surface area contributed by atoms with E-state index in [9.17, 15) is 9.59 Å². The minimum absolute atomic E-state index is 0.0314. The lowest BCUT2D eigenvalue weighted by Gasteiger charge is -2.34. The number of ketones is 2. The van der Waals surface area contributed by atoms with Crippen molar-refractivity contribution in [1.29, 1.82) is 0 Å². The molecule has 0 aliphatic carbocycles. The Morgan fingerprint density at radius 1 is 1.04 bits per heavy atom. The van der Waals surface area contributed by atoms with Gasteiger partial charge in [0.15, 0.2) is 11.6 Å². The Balaban J connectivity index is 1.52. The van der Waals surface area contributed by atoms with Gasteiger partial charge < -0.3 is 14.4 Å². The summed E-state index contributed by atoms with van der Waals surface area (Å²) in [6, 6.07) is 16.8. The number of hydrogen-bond donors (Lipinski definition) is 0. The van der Waals surface area contributed by atoms with Gasteiger partial charge in [0.05, 0.1) is 30.7 Å². The van der Waals surface area contributed by atoms with E-state index in [4.69, 9.17) is 9.47 Å². The minimum Gasteiger partial charge on any atom is -0.359 e. The first-order valence-corrected chi connectivity index (χ1v) is 9.68. The van der Waals surface area contributed by atoms with Crippen molar-refractivity contribution in [2.24, 2.45) is 11.8 Å². The summed E-state index contributed by atoms with van der Waals surface area (Å²) in [7, 11) is 0. The smallest absolute Gasteiger partial charge is 0.218 e. The van der Waals surface area contributed by atoms with Gasteiger partial charge in [0.1, 0.15) is 0 Å². The predicted molar refractivity (Wildman–Crippen MR) is 101 cm³/mol. The van der Waals surface area contributed by atoms with Crippen LogP contribution in [-0.2, 0) is 14.3 Å². The van der Waals surface area contributed by atoms with Crippen LogP contribution in [0.4, 0.5) is 0 Å². The minimum atomic E-state index is -0.795. The van der Waals surface area contributed by atoms with Crippen LogP contribution in [0, 0.1) is 11.8 Å². The Hall–Kier alpha value is -2.76. The molecule has 0 radical (unpaired) electrons. The maximum atomic E-state index is 13.6. The summed E-state index contributed by atoms with van der Waals surface area (Å²) in [5.74, 6) is -0.541. The first-order valence-electron chi connectivity index (χ1n) is 9.68. The number of Topliss-reactive ketones (excluding diaryl/α,β-unsaturated/α-hetero) is 2. The average Bonchev–Trinajstić information content (AvgIpc) is 3.33. The molecule has 2 aromatic carbocycles. The molecule has 3 fully saturated rings. The highest BCUT2D eigenvalue weighted by molar-refractivity contribution is 6.02.